The third kappa shape index (κ3) is 1.64. The predicted molar refractivity (Wildman–Crippen MR) is 52.6 cm³/mol. The number of aliphatic hydroxyl groups is 1. The number of phenols is 1. The van der Waals surface area contributed by atoms with Crippen molar-refractivity contribution >= 4 is 16.9 Å². The Balaban J connectivity index is 2.51. The van der Waals surface area contributed by atoms with E-state index in [9.17, 15) is 15.0 Å². The van der Waals surface area contributed by atoms with Crippen molar-refractivity contribution in [3.05, 3.63) is 30.0 Å². The number of aromatic amines is 1. The molecule has 15 heavy (non-hydrogen) atoms. The standard InChI is InChI=1S/C10H9NO4/c12-6-2-1-5-3-8(9(13)10(14)15)11-7(5)4-6/h1-4,9,11-13H,(H,14,15). The number of carboxylic acid groups (broad SMARTS) is 1. The first-order valence-corrected chi connectivity index (χ1v) is 4.30. The second-order valence-corrected chi connectivity index (χ2v) is 3.24. The number of H-pyrrole nitrogens is 1. The van der Waals surface area contributed by atoms with Crippen molar-refractivity contribution in [2.45, 2.75) is 6.10 Å². The van der Waals surface area contributed by atoms with Gasteiger partial charge in [0, 0.05) is 17.0 Å². The van der Waals surface area contributed by atoms with Crippen LogP contribution < -0.4 is 0 Å². The van der Waals surface area contributed by atoms with Crippen LogP contribution in [0.2, 0.25) is 0 Å². The van der Waals surface area contributed by atoms with Gasteiger partial charge in [0.2, 0.25) is 0 Å². The Bertz CT molecular complexity index is 517. The fourth-order valence-electron chi connectivity index (χ4n) is 1.42. The fourth-order valence-corrected chi connectivity index (χ4v) is 1.42. The SMILES string of the molecule is O=C(O)C(O)c1cc2ccc(O)cc2[nH]1. The fraction of sp³-hybridized carbons (Fsp3) is 0.100. The molecule has 1 aromatic heterocycles. The molecule has 0 bridgehead atoms. The Kier molecular flexibility index (Phi) is 2.09. The van der Waals surface area contributed by atoms with Crippen molar-refractivity contribution < 1.29 is 20.1 Å². The molecule has 5 heteroatoms. The minimum Gasteiger partial charge on any atom is -0.508 e. The number of phenolic OH excluding ortho intramolecular Hbond substituents is 1. The van der Waals surface area contributed by atoms with E-state index in [1.165, 1.54) is 18.2 Å². The molecular weight excluding hydrogens is 198 g/mol. The van der Waals surface area contributed by atoms with Gasteiger partial charge in [0.25, 0.3) is 0 Å². The second-order valence-electron chi connectivity index (χ2n) is 3.24. The van der Waals surface area contributed by atoms with Crippen LogP contribution in [0.1, 0.15) is 11.8 Å². The Hall–Kier alpha value is -2.01. The van der Waals surface area contributed by atoms with E-state index >= 15 is 0 Å². The highest BCUT2D eigenvalue weighted by Crippen LogP contribution is 2.23. The summed E-state index contributed by atoms with van der Waals surface area (Å²) in [6.45, 7) is 0. The molecular formula is C10H9NO4. The topological polar surface area (TPSA) is 93.6 Å². The molecule has 0 radical (unpaired) electrons. The molecule has 0 aliphatic carbocycles. The van der Waals surface area contributed by atoms with Crippen LogP contribution in [-0.2, 0) is 4.79 Å². The van der Waals surface area contributed by atoms with Crippen LogP contribution >= 0.6 is 0 Å². The zero-order valence-electron chi connectivity index (χ0n) is 7.64. The number of hydrogen-bond acceptors (Lipinski definition) is 3. The van der Waals surface area contributed by atoms with Gasteiger partial charge in [0.15, 0.2) is 6.10 Å². The lowest BCUT2D eigenvalue weighted by atomic mass is 10.2. The number of hydrogen-bond donors (Lipinski definition) is 4. The third-order valence-electron chi connectivity index (χ3n) is 2.16. The molecule has 1 aromatic carbocycles. The van der Waals surface area contributed by atoms with Crippen LogP contribution in [0.4, 0.5) is 0 Å². The van der Waals surface area contributed by atoms with E-state index in [1.54, 1.807) is 6.07 Å². The molecule has 0 spiro atoms. The number of fused-ring (bicyclic) bond motifs is 1. The number of nitrogens with one attached hydrogen (secondary N) is 1. The summed E-state index contributed by atoms with van der Waals surface area (Å²) in [7, 11) is 0. The van der Waals surface area contributed by atoms with Crippen molar-refractivity contribution in [1.82, 2.24) is 4.98 Å². The zero-order chi connectivity index (χ0) is 11.0. The van der Waals surface area contributed by atoms with Gasteiger partial charge in [-0.2, -0.15) is 0 Å². The largest absolute Gasteiger partial charge is 0.508 e. The highest BCUT2D eigenvalue weighted by molar-refractivity contribution is 5.84. The Morgan fingerprint density at radius 2 is 2.07 bits per heavy atom. The molecule has 0 aliphatic rings. The Labute approximate surface area is 84.6 Å². The minimum atomic E-state index is -1.57. The van der Waals surface area contributed by atoms with Crippen LogP contribution in [0, 0.1) is 0 Å². The molecule has 0 aliphatic heterocycles. The summed E-state index contributed by atoms with van der Waals surface area (Å²) in [6, 6.07) is 6.13. The van der Waals surface area contributed by atoms with E-state index in [0.29, 0.717) is 5.52 Å². The van der Waals surface area contributed by atoms with Crippen LogP contribution in [0.25, 0.3) is 10.9 Å². The molecule has 0 amide bonds. The van der Waals surface area contributed by atoms with Gasteiger partial charge in [-0.1, -0.05) is 0 Å². The number of carbonyl (C=O) groups is 1. The molecule has 1 unspecified atom stereocenters. The normalized spacial score (nSPS) is 12.9. The molecule has 78 valence electrons. The van der Waals surface area contributed by atoms with Crippen molar-refractivity contribution in [3.63, 3.8) is 0 Å². The van der Waals surface area contributed by atoms with Crippen LogP contribution in [0.3, 0.4) is 0 Å². The average Bonchev–Trinajstić information content (AvgIpc) is 2.58. The van der Waals surface area contributed by atoms with E-state index in [4.69, 9.17) is 5.11 Å². The minimum absolute atomic E-state index is 0.0840. The predicted octanol–water partition coefficient (Wildman–Crippen LogP) is 0.991. The van der Waals surface area contributed by atoms with Crippen LogP contribution in [-0.4, -0.2) is 26.3 Å². The molecule has 2 rings (SSSR count). The monoisotopic (exact) mass is 207 g/mol. The first-order chi connectivity index (χ1) is 7.08. The van der Waals surface area contributed by atoms with Crippen LogP contribution in [0.15, 0.2) is 24.3 Å². The van der Waals surface area contributed by atoms with Gasteiger partial charge >= 0.3 is 5.97 Å². The Morgan fingerprint density at radius 3 is 2.73 bits per heavy atom. The Morgan fingerprint density at radius 1 is 1.33 bits per heavy atom. The molecule has 0 saturated carbocycles. The lowest BCUT2D eigenvalue weighted by molar-refractivity contribution is -0.147. The zero-order valence-corrected chi connectivity index (χ0v) is 7.64. The van der Waals surface area contributed by atoms with E-state index in [2.05, 4.69) is 4.98 Å². The van der Waals surface area contributed by atoms with Crippen molar-refractivity contribution in [2.24, 2.45) is 0 Å². The van der Waals surface area contributed by atoms with E-state index in [0.717, 1.165) is 5.39 Å². The number of aromatic nitrogens is 1. The summed E-state index contributed by atoms with van der Waals surface area (Å²) >= 11 is 0. The van der Waals surface area contributed by atoms with Gasteiger partial charge in [-0.25, -0.2) is 4.79 Å². The maximum absolute atomic E-state index is 10.5. The van der Waals surface area contributed by atoms with E-state index in [-0.39, 0.29) is 11.4 Å². The summed E-state index contributed by atoms with van der Waals surface area (Å²) in [4.78, 5) is 13.3. The van der Waals surface area contributed by atoms with Crippen molar-refractivity contribution in [1.29, 1.82) is 0 Å². The molecule has 2 aromatic rings. The number of carboxylic acids is 1. The van der Waals surface area contributed by atoms with E-state index < -0.39 is 12.1 Å². The lowest BCUT2D eigenvalue weighted by Crippen LogP contribution is -2.10. The van der Waals surface area contributed by atoms with Gasteiger partial charge in [-0.15, -0.1) is 0 Å². The third-order valence-corrected chi connectivity index (χ3v) is 2.16. The van der Waals surface area contributed by atoms with E-state index in [1.807, 2.05) is 0 Å². The number of aromatic hydroxyl groups is 1. The summed E-state index contributed by atoms with van der Waals surface area (Å²) in [5.74, 6) is -1.23. The molecule has 5 nitrogen and oxygen atoms in total. The van der Waals surface area contributed by atoms with Crippen LogP contribution in [0.5, 0.6) is 5.75 Å². The van der Waals surface area contributed by atoms with Crippen molar-refractivity contribution in [2.75, 3.05) is 0 Å². The number of benzene rings is 1. The summed E-state index contributed by atoms with van der Waals surface area (Å²) in [5.41, 5.74) is 0.786. The summed E-state index contributed by atoms with van der Waals surface area (Å²) < 4.78 is 0. The van der Waals surface area contributed by atoms with Gasteiger partial charge in [0.05, 0.1) is 5.69 Å². The molecule has 1 atom stereocenters. The smallest absolute Gasteiger partial charge is 0.338 e. The molecule has 4 N–H and O–H groups in total. The van der Waals surface area contributed by atoms with Gasteiger partial charge in [-0.05, 0) is 18.2 Å². The van der Waals surface area contributed by atoms with Gasteiger partial charge in [-0.3, -0.25) is 0 Å². The maximum atomic E-state index is 10.5. The number of aliphatic hydroxyl groups excluding tert-OH is 1. The lowest BCUT2D eigenvalue weighted by Gasteiger charge is -2.00. The highest BCUT2D eigenvalue weighted by Gasteiger charge is 2.17. The second kappa shape index (κ2) is 3.29. The van der Waals surface area contributed by atoms with Gasteiger partial charge < -0.3 is 20.3 Å². The highest BCUT2D eigenvalue weighted by atomic mass is 16.4. The van der Waals surface area contributed by atoms with Gasteiger partial charge in [0.1, 0.15) is 5.75 Å². The molecule has 0 saturated heterocycles. The summed E-state index contributed by atoms with van der Waals surface area (Å²) in [5, 5.41) is 27.8. The summed E-state index contributed by atoms with van der Waals surface area (Å²) in [6.07, 6.45) is -1.57. The van der Waals surface area contributed by atoms with Crippen molar-refractivity contribution in [3.8, 4) is 5.75 Å². The quantitative estimate of drug-likeness (QED) is 0.590. The molecule has 1 heterocycles. The first-order valence-electron chi connectivity index (χ1n) is 4.30. The number of aliphatic carboxylic acids is 1. The maximum Gasteiger partial charge on any atom is 0.338 e. The average molecular weight is 207 g/mol. The molecule has 0 fully saturated rings. The first kappa shape index (κ1) is 9.54. The number of rotatable bonds is 2.